The van der Waals surface area contributed by atoms with Crippen LogP contribution in [0.1, 0.15) is 24.8 Å². The first-order valence-electron chi connectivity index (χ1n) is 7.47. The molecule has 3 rings (SSSR count). The van der Waals surface area contributed by atoms with Crippen LogP contribution < -0.4 is 10.5 Å². The molecule has 1 aromatic carbocycles. The maximum absolute atomic E-state index is 6.27. The van der Waals surface area contributed by atoms with Gasteiger partial charge in [-0.15, -0.1) is 0 Å². The van der Waals surface area contributed by atoms with Gasteiger partial charge >= 0.3 is 0 Å². The number of nitrogens with two attached hydrogens (primary N) is 1. The molecule has 2 heterocycles. The molecule has 1 saturated heterocycles. The highest BCUT2D eigenvalue weighted by Crippen LogP contribution is 2.22. The van der Waals surface area contributed by atoms with Crippen LogP contribution in [0, 0.1) is 0 Å². The summed E-state index contributed by atoms with van der Waals surface area (Å²) in [6.45, 7) is 3.21. The van der Waals surface area contributed by atoms with E-state index in [-0.39, 0.29) is 0 Å². The lowest BCUT2D eigenvalue weighted by atomic mass is 10.1. The number of hydrogen-bond donors (Lipinski definition) is 1. The van der Waals surface area contributed by atoms with Gasteiger partial charge < -0.3 is 10.5 Å². The number of benzene rings is 1. The minimum atomic E-state index is 0.728. The van der Waals surface area contributed by atoms with Crippen molar-refractivity contribution in [3.8, 4) is 11.4 Å². The molecule has 0 unspecified atom stereocenters. The average molecular weight is 286 g/mol. The van der Waals surface area contributed by atoms with Gasteiger partial charge in [-0.25, -0.2) is 4.68 Å². The maximum Gasteiger partial charge on any atom is 0.131 e. The summed E-state index contributed by atoms with van der Waals surface area (Å²) in [6, 6.07) is 7.77. The van der Waals surface area contributed by atoms with E-state index in [1.165, 1.54) is 19.3 Å². The van der Waals surface area contributed by atoms with Crippen molar-refractivity contribution in [1.29, 1.82) is 0 Å². The summed E-state index contributed by atoms with van der Waals surface area (Å²) in [5, 5.41) is 4.43. The summed E-state index contributed by atoms with van der Waals surface area (Å²) < 4.78 is 6.96. The van der Waals surface area contributed by atoms with Crippen molar-refractivity contribution in [3.05, 3.63) is 36.0 Å². The number of methoxy groups -OCH3 is 1. The van der Waals surface area contributed by atoms with Crippen LogP contribution in [0.25, 0.3) is 5.69 Å². The van der Waals surface area contributed by atoms with E-state index in [0.717, 1.165) is 42.5 Å². The smallest absolute Gasteiger partial charge is 0.131 e. The third-order valence-corrected chi connectivity index (χ3v) is 4.05. The minimum absolute atomic E-state index is 0.728. The Hall–Kier alpha value is -2.01. The van der Waals surface area contributed by atoms with Crippen molar-refractivity contribution >= 4 is 5.82 Å². The number of likely N-dealkylation sites (tertiary alicyclic amines) is 1. The van der Waals surface area contributed by atoms with E-state index in [0.29, 0.717) is 0 Å². The van der Waals surface area contributed by atoms with Crippen LogP contribution in [0.2, 0.25) is 0 Å². The SMILES string of the molecule is COc1ccc(-n2ncc(CN3CCCCC3)c2N)cc1. The topological polar surface area (TPSA) is 56.3 Å². The number of nitrogens with zero attached hydrogens (tertiary/aromatic N) is 3. The summed E-state index contributed by atoms with van der Waals surface area (Å²) in [5.74, 6) is 1.56. The van der Waals surface area contributed by atoms with E-state index in [9.17, 15) is 0 Å². The van der Waals surface area contributed by atoms with E-state index < -0.39 is 0 Å². The summed E-state index contributed by atoms with van der Waals surface area (Å²) in [5.41, 5.74) is 8.33. The van der Waals surface area contributed by atoms with Crippen molar-refractivity contribution < 1.29 is 4.74 Å². The molecule has 0 bridgehead atoms. The predicted octanol–water partition coefficient (Wildman–Crippen LogP) is 2.45. The highest BCUT2D eigenvalue weighted by molar-refractivity contribution is 5.48. The Morgan fingerprint density at radius 1 is 1.14 bits per heavy atom. The molecule has 1 fully saturated rings. The van der Waals surface area contributed by atoms with Crippen LogP contribution in [-0.4, -0.2) is 34.9 Å². The van der Waals surface area contributed by atoms with Gasteiger partial charge in [0.2, 0.25) is 0 Å². The number of nitrogen functional groups attached to an aromatic ring is 1. The van der Waals surface area contributed by atoms with E-state index >= 15 is 0 Å². The van der Waals surface area contributed by atoms with E-state index in [1.54, 1.807) is 11.8 Å². The number of ether oxygens (including phenoxy) is 1. The Balaban J connectivity index is 1.77. The molecule has 0 amide bonds. The van der Waals surface area contributed by atoms with Crippen LogP contribution in [0.15, 0.2) is 30.5 Å². The zero-order chi connectivity index (χ0) is 14.7. The fourth-order valence-corrected chi connectivity index (χ4v) is 2.80. The van der Waals surface area contributed by atoms with Crippen LogP contribution >= 0.6 is 0 Å². The van der Waals surface area contributed by atoms with Gasteiger partial charge in [0.25, 0.3) is 0 Å². The zero-order valence-electron chi connectivity index (χ0n) is 12.5. The van der Waals surface area contributed by atoms with Crippen LogP contribution in [-0.2, 0) is 6.54 Å². The molecule has 112 valence electrons. The second-order valence-corrected chi connectivity index (χ2v) is 5.50. The van der Waals surface area contributed by atoms with Gasteiger partial charge in [0.1, 0.15) is 11.6 Å². The fourth-order valence-electron chi connectivity index (χ4n) is 2.80. The Kier molecular flexibility index (Phi) is 4.10. The lowest BCUT2D eigenvalue weighted by Crippen LogP contribution is -2.29. The molecule has 0 spiro atoms. The number of anilines is 1. The number of aromatic nitrogens is 2. The number of piperidine rings is 1. The van der Waals surface area contributed by atoms with E-state index in [2.05, 4.69) is 10.00 Å². The molecule has 5 nitrogen and oxygen atoms in total. The summed E-state index contributed by atoms with van der Waals surface area (Å²) in [6.07, 6.45) is 5.80. The number of rotatable bonds is 4. The average Bonchev–Trinajstić information content (AvgIpc) is 2.89. The Bertz CT molecular complexity index is 585. The Morgan fingerprint density at radius 2 is 1.86 bits per heavy atom. The standard InChI is InChI=1S/C16H22N4O/c1-21-15-7-5-14(6-8-15)20-16(17)13(11-18-20)12-19-9-3-2-4-10-19/h5-8,11H,2-4,9-10,12,17H2,1H3. The minimum Gasteiger partial charge on any atom is -0.497 e. The molecule has 1 aliphatic rings. The summed E-state index contributed by atoms with van der Waals surface area (Å²) in [7, 11) is 1.66. The third kappa shape index (κ3) is 3.03. The lowest BCUT2D eigenvalue weighted by molar-refractivity contribution is 0.221. The van der Waals surface area contributed by atoms with Crippen LogP contribution in [0.5, 0.6) is 5.75 Å². The fraction of sp³-hybridized carbons (Fsp3) is 0.438. The van der Waals surface area contributed by atoms with Crippen molar-refractivity contribution in [2.45, 2.75) is 25.8 Å². The van der Waals surface area contributed by atoms with Gasteiger partial charge in [0.05, 0.1) is 19.0 Å². The molecule has 0 aliphatic carbocycles. The first-order chi connectivity index (χ1) is 10.3. The molecule has 2 aromatic rings. The van der Waals surface area contributed by atoms with Crippen molar-refractivity contribution in [3.63, 3.8) is 0 Å². The highest BCUT2D eigenvalue weighted by atomic mass is 16.5. The third-order valence-electron chi connectivity index (χ3n) is 4.05. The summed E-state index contributed by atoms with van der Waals surface area (Å²) in [4.78, 5) is 2.45. The molecule has 21 heavy (non-hydrogen) atoms. The quantitative estimate of drug-likeness (QED) is 0.938. The van der Waals surface area contributed by atoms with Gasteiger partial charge in [0, 0.05) is 12.1 Å². The van der Waals surface area contributed by atoms with Gasteiger partial charge in [-0.3, -0.25) is 4.90 Å². The second-order valence-electron chi connectivity index (χ2n) is 5.50. The molecule has 5 heteroatoms. The molecule has 2 N–H and O–H groups in total. The molecule has 0 radical (unpaired) electrons. The molecule has 1 aromatic heterocycles. The van der Waals surface area contributed by atoms with Crippen molar-refractivity contribution in [2.75, 3.05) is 25.9 Å². The van der Waals surface area contributed by atoms with Gasteiger partial charge in [0.15, 0.2) is 0 Å². The second kappa shape index (κ2) is 6.18. The first-order valence-corrected chi connectivity index (χ1v) is 7.47. The predicted molar refractivity (Wildman–Crippen MR) is 83.7 cm³/mol. The monoisotopic (exact) mass is 286 g/mol. The number of hydrogen-bond acceptors (Lipinski definition) is 4. The van der Waals surface area contributed by atoms with Crippen LogP contribution in [0.4, 0.5) is 5.82 Å². The van der Waals surface area contributed by atoms with Gasteiger partial charge in [-0.2, -0.15) is 5.10 Å². The normalized spacial score (nSPS) is 16.0. The Labute approximate surface area is 125 Å². The molecular formula is C16H22N4O. The highest BCUT2D eigenvalue weighted by Gasteiger charge is 2.15. The lowest BCUT2D eigenvalue weighted by Gasteiger charge is -2.26. The summed E-state index contributed by atoms with van der Waals surface area (Å²) >= 11 is 0. The molecule has 0 saturated carbocycles. The molecular weight excluding hydrogens is 264 g/mol. The van der Waals surface area contributed by atoms with Gasteiger partial charge in [-0.1, -0.05) is 6.42 Å². The van der Waals surface area contributed by atoms with Crippen LogP contribution in [0.3, 0.4) is 0 Å². The van der Waals surface area contributed by atoms with E-state index in [1.807, 2.05) is 30.5 Å². The van der Waals surface area contributed by atoms with Crippen molar-refractivity contribution in [2.24, 2.45) is 0 Å². The molecule has 1 aliphatic heterocycles. The Morgan fingerprint density at radius 3 is 2.52 bits per heavy atom. The largest absolute Gasteiger partial charge is 0.497 e. The van der Waals surface area contributed by atoms with Gasteiger partial charge in [-0.05, 0) is 50.2 Å². The maximum atomic E-state index is 6.27. The first kappa shape index (κ1) is 13.9. The zero-order valence-corrected chi connectivity index (χ0v) is 12.5. The van der Waals surface area contributed by atoms with Crippen molar-refractivity contribution in [1.82, 2.24) is 14.7 Å². The molecule has 0 atom stereocenters. The van der Waals surface area contributed by atoms with E-state index in [4.69, 9.17) is 10.5 Å².